The summed E-state index contributed by atoms with van der Waals surface area (Å²) in [5, 5.41) is 23.4. The van der Waals surface area contributed by atoms with Crippen LogP contribution in [-0.4, -0.2) is 22.2 Å². The van der Waals surface area contributed by atoms with Gasteiger partial charge in [0, 0.05) is 29.6 Å². The minimum absolute atomic E-state index is 0.108. The number of rotatable bonds is 5. The van der Waals surface area contributed by atoms with Crippen LogP contribution in [0, 0.1) is 17.0 Å². The predicted molar refractivity (Wildman–Crippen MR) is 99.9 cm³/mol. The maximum atomic E-state index is 12.0. The zero-order valence-corrected chi connectivity index (χ0v) is 14.2. The third-order valence-corrected chi connectivity index (χ3v) is 3.78. The number of phenolic OH excluding ortho intramolecular Hbond substituents is 1. The van der Waals surface area contributed by atoms with Gasteiger partial charge >= 0.3 is 0 Å². The maximum absolute atomic E-state index is 12.0. The highest BCUT2D eigenvalue weighted by Gasteiger charge is 2.11. The lowest BCUT2D eigenvalue weighted by atomic mass is 10.1. The van der Waals surface area contributed by atoms with Crippen molar-refractivity contribution < 1.29 is 19.2 Å². The molecule has 136 valence electrons. The molecule has 3 aromatic rings. The summed E-state index contributed by atoms with van der Waals surface area (Å²) < 4.78 is 5.05. The van der Waals surface area contributed by atoms with Crippen LogP contribution >= 0.6 is 0 Å². The highest BCUT2D eigenvalue weighted by Crippen LogP contribution is 2.25. The van der Waals surface area contributed by atoms with E-state index in [0.29, 0.717) is 11.4 Å². The van der Waals surface area contributed by atoms with Crippen molar-refractivity contribution in [1.29, 1.82) is 0 Å². The molecule has 0 spiro atoms. The molecule has 8 nitrogen and oxygen atoms in total. The Labute approximate surface area is 153 Å². The van der Waals surface area contributed by atoms with Gasteiger partial charge in [-0.05, 0) is 48.9 Å². The van der Waals surface area contributed by atoms with Gasteiger partial charge in [0.25, 0.3) is 11.6 Å². The van der Waals surface area contributed by atoms with Gasteiger partial charge in [0.15, 0.2) is 5.76 Å². The first kappa shape index (κ1) is 17.9. The van der Waals surface area contributed by atoms with E-state index in [1.807, 2.05) is 6.92 Å². The van der Waals surface area contributed by atoms with E-state index in [2.05, 4.69) is 10.3 Å². The fourth-order valence-electron chi connectivity index (χ4n) is 2.36. The van der Waals surface area contributed by atoms with Crippen molar-refractivity contribution >= 4 is 29.2 Å². The van der Waals surface area contributed by atoms with E-state index < -0.39 is 4.92 Å². The largest absolute Gasteiger partial charge is 0.507 e. The number of aliphatic imine (C=N–C) groups is 1. The Bertz CT molecular complexity index is 1030. The Morgan fingerprint density at radius 2 is 2.07 bits per heavy atom. The van der Waals surface area contributed by atoms with Gasteiger partial charge < -0.3 is 14.8 Å². The smallest absolute Gasteiger partial charge is 0.291 e. The van der Waals surface area contributed by atoms with Gasteiger partial charge in [-0.3, -0.25) is 19.9 Å². The number of benzene rings is 2. The number of hydrogen-bond donors (Lipinski definition) is 2. The van der Waals surface area contributed by atoms with Crippen molar-refractivity contribution in [3.05, 3.63) is 81.8 Å². The third-order valence-electron chi connectivity index (χ3n) is 3.78. The summed E-state index contributed by atoms with van der Waals surface area (Å²) in [6, 6.07) is 12.0. The molecule has 27 heavy (non-hydrogen) atoms. The number of nitrogens with zero attached hydrogens (tertiary/aromatic N) is 2. The number of non-ortho nitro benzene ring substituents is 1. The van der Waals surface area contributed by atoms with Crippen LogP contribution in [0.1, 0.15) is 21.7 Å². The molecule has 0 saturated heterocycles. The summed E-state index contributed by atoms with van der Waals surface area (Å²) in [6.07, 6.45) is 2.77. The molecule has 8 heteroatoms. The Balaban J connectivity index is 1.78. The molecule has 0 atom stereocenters. The molecular weight excluding hydrogens is 350 g/mol. The molecular formula is C19H15N3O5. The zero-order valence-electron chi connectivity index (χ0n) is 14.2. The number of amides is 1. The molecule has 0 unspecified atom stereocenters. The molecule has 1 aromatic heterocycles. The summed E-state index contributed by atoms with van der Waals surface area (Å²) in [6.45, 7) is 1.81. The van der Waals surface area contributed by atoms with Gasteiger partial charge in [0.2, 0.25) is 0 Å². The van der Waals surface area contributed by atoms with Gasteiger partial charge in [-0.1, -0.05) is 0 Å². The molecule has 0 radical (unpaired) electrons. The second kappa shape index (κ2) is 7.52. The zero-order chi connectivity index (χ0) is 19.4. The van der Waals surface area contributed by atoms with E-state index in [1.165, 1.54) is 30.7 Å². The van der Waals surface area contributed by atoms with Crippen LogP contribution in [0.25, 0.3) is 0 Å². The van der Waals surface area contributed by atoms with Crippen LogP contribution in [0.3, 0.4) is 0 Å². The number of furan rings is 1. The molecule has 0 aliphatic rings. The maximum Gasteiger partial charge on any atom is 0.291 e. The quantitative estimate of drug-likeness (QED) is 0.399. The number of nitro benzene ring substituents is 1. The number of nitro groups is 1. The van der Waals surface area contributed by atoms with Gasteiger partial charge in [-0.25, -0.2) is 0 Å². The van der Waals surface area contributed by atoms with Crippen LogP contribution in [-0.2, 0) is 0 Å². The number of nitrogens with one attached hydrogen (secondary N) is 1. The monoisotopic (exact) mass is 365 g/mol. The van der Waals surface area contributed by atoms with Crippen molar-refractivity contribution in [3.8, 4) is 5.75 Å². The predicted octanol–water partition coefficient (Wildman–Crippen LogP) is 4.20. The van der Waals surface area contributed by atoms with E-state index in [9.17, 15) is 20.0 Å². The van der Waals surface area contributed by atoms with Crippen molar-refractivity contribution in [3.63, 3.8) is 0 Å². The standard InChI is InChI=1S/C19H15N3O5/c1-12-9-14(4-6-16(12)21-19(24)18-3-2-8-27-18)20-11-13-10-15(22(25)26)5-7-17(13)23/h2-11,23H,1H3,(H,21,24). The fourth-order valence-corrected chi connectivity index (χ4v) is 2.36. The van der Waals surface area contributed by atoms with Crippen molar-refractivity contribution in [1.82, 2.24) is 0 Å². The number of anilines is 1. The second-order valence-corrected chi connectivity index (χ2v) is 5.69. The summed E-state index contributed by atoms with van der Waals surface area (Å²) in [5.74, 6) is -0.262. The van der Waals surface area contributed by atoms with E-state index in [0.717, 1.165) is 5.56 Å². The summed E-state index contributed by atoms with van der Waals surface area (Å²) in [4.78, 5) is 26.5. The normalized spacial score (nSPS) is 10.9. The first-order chi connectivity index (χ1) is 12.9. The van der Waals surface area contributed by atoms with E-state index in [4.69, 9.17) is 4.42 Å². The third kappa shape index (κ3) is 4.18. The molecule has 1 heterocycles. The van der Waals surface area contributed by atoms with Gasteiger partial charge in [-0.15, -0.1) is 0 Å². The highest BCUT2D eigenvalue weighted by molar-refractivity contribution is 6.02. The molecule has 1 amide bonds. The highest BCUT2D eigenvalue weighted by atomic mass is 16.6. The Kier molecular flexibility index (Phi) is 4.98. The molecule has 0 aliphatic carbocycles. The summed E-state index contributed by atoms with van der Waals surface area (Å²) >= 11 is 0. The number of hydrogen-bond acceptors (Lipinski definition) is 6. The molecule has 2 N–H and O–H groups in total. The van der Waals surface area contributed by atoms with Crippen molar-refractivity contribution in [2.24, 2.45) is 4.99 Å². The molecule has 3 rings (SSSR count). The number of aryl methyl sites for hydroxylation is 1. The Morgan fingerprint density at radius 1 is 1.26 bits per heavy atom. The molecule has 0 aliphatic heterocycles. The molecule has 0 saturated carbocycles. The number of phenols is 1. The minimum Gasteiger partial charge on any atom is -0.507 e. The van der Waals surface area contributed by atoms with Gasteiger partial charge in [-0.2, -0.15) is 0 Å². The van der Waals surface area contributed by atoms with E-state index in [-0.39, 0.29) is 28.7 Å². The fraction of sp³-hybridized carbons (Fsp3) is 0.0526. The van der Waals surface area contributed by atoms with Crippen molar-refractivity contribution in [2.75, 3.05) is 5.32 Å². The molecule has 0 bridgehead atoms. The van der Waals surface area contributed by atoms with Crippen LogP contribution < -0.4 is 5.32 Å². The lowest BCUT2D eigenvalue weighted by molar-refractivity contribution is -0.384. The average Bonchev–Trinajstić information content (AvgIpc) is 3.17. The lowest BCUT2D eigenvalue weighted by Crippen LogP contribution is -2.11. The number of aromatic hydroxyl groups is 1. The number of carbonyl (C=O) groups excluding carboxylic acids is 1. The van der Waals surface area contributed by atoms with Crippen LogP contribution in [0.15, 0.2) is 64.2 Å². The summed E-state index contributed by atoms with van der Waals surface area (Å²) in [5.41, 5.74) is 2.04. The molecule has 0 fully saturated rings. The Morgan fingerprint density at radius 3 is 2.74 bits per heavy atom. The van der Waals surface area contributed by atoms with E-state index >= 15 is 0 Å². The Hall–Kier alpha value is -3.94. The van der Waals surface area contributed by atoms with Gasteiger partial charge in [0.05, 0.1) is 16.9 Å². The average molecular weight is 365 g/mol. The van der Waals surface area contributed by atoms with Crippen molar-refractivity contribution in [2.45, 2.75) is 6.92 Å². The SMILES string of the molecule is Cc1cc(N=Cc2cc([N+](=O)[O-])ccc2O)ccc1NC(=O)c1ccco1. The lowest BCUT2D eigenvalue weighted by Gasteiger charge is -2.07. The topological polar surface area (TPSA) is 118 Å². The number of carbonyl (C=O) groups is 1. The summed E-state index contributed by atoms with van der Waals surface area (Å²) in [7, 11) is 0. The van der Waals surface area contributed by atoms with Crippen LogP contribution in [0.5, 0.6) is 5.75 Å². The first-order valence-electron chi connectivity index (χ1n) is 7.91. The van der Waals surface area contributed by atoms with Crippen LogP contribution in [0.4, 0.5) is 17.1 Å². The minimum atomic E-state index is -0.544. The van der Waals surface area contributed by atoms with Crippen LogP contribution in [0.2, 0.25) is 0 Å². The first-order valence-corrected chi connectivity index (χ1v) is 7.91. The second-order valence-electron chi connectivity index (χ2n) is 5.69. The van der Waals surface area contributed by atoms with E-state index in [1.54, 1.807) is 30.3 Å². The van der Waals surface area contributed by atoms with Gasteiger partial charge in [0.1, 0.15) is 5.75 Å². The molecule has 2 aromatic carbocycles.